The van der Waals surface area contributed by atoms with Gasteiger partial charge in [0.25, 0.3) is 0 Å². The number of hydrogen-bond acceptors (Lipinski definition) is 11. The van der Waals surface area contributed by atoms with Crippen molar-refractivity contribution in [2.24, 2.45) is 0 Å². The topological polar surface area (TPSA) is 150 Å². The fourth-order valence-corrected chi connectivity index (χ4v) is 6.52. The Morgan fingerprint density at radius 3 is 2.72 bits per heavy atom. The Morgan fingerprint density at radius 1 is 1.28 bits per heavy atom. The maximum Gasteiger partial charge on any atom is 0.509 e. The van der Waals surface area contributed by atoms with E-state index in [-0.39, 0.29) is 25.5 Å². The van der Waals surface area contributed by atoms with Crippen molar-refractivity contribution >= 4 is 43.0 Å². The van der Waals surface area contributed by atoms with Gasteiger partial charge < -0.3 is 19.9 Å². The number of benzene rings is 1. The number of hydrogen-bond donors (Lipinski definition) is 1. The molecule has 2 unspecified atom stereocenters. The number of carbonyl (C=O) groups is 1. The van der Waals surface area contributed by atoms with Crippen LogP contribution in [0.3, 0.4) is 0 Å². The molecule has 3 aliphatic heterocycles. The minimum absolute atomic E-state index is 0.0242. The van der Waals surface area contributed by atoms with E-state index in [4.69, 9.17) is 56.7 Å². The number of anilines is 1. The molecule has 194 valence electrons. The first-order valence-corrected chi connectivity index (χ1v) is 13.3. The Labute approximate surface area is 215 Å². The predicted octanol–water partition coefficient (Wildman–Crippen LogP) is 4.02. The highest BCUT2D eigenvalue weighted by Crippen LogP contribution is 2.58. The lowest BCUT2D eigenvalue weighted by atomic mass is 9.91. The first kappa shape index (κ1) is 25.5. The van der Waals surface area contributed by atoms with Crippen LogP contribution in [0.4, 0.5) is 10.6 Å². The SMILES string of the molecule is CC[C@@]12OC(=O)O[C@@H]1[C@@H](COP1(=O)OCCC(c3cc(Cl)cc(Cl)c3)O1)O[C@H]2n1ccc(N)nc1=O. The number of ether oxygens (including phenoxy) is 3. The van der Waals surface area contributed by atoms with Gasteiger partial charge in [-0.3, -0.25) is 18.1 Å². The molecule has 0 saturated carbocycles. The number of nitrogen functional groups attached to an aromatic ring is 1. The number of nitrogens with two attached hydrogens (primary N) is 1. The molecular weight excluding hydrogens is 540 g/mol. The van der Waals surface area contributed by atoms with E-state index in [1.54, 1.807) is 25.1 Å². The van der Waals surface area contributed by atoms with Crippen LogP contribution in [0.5, 0.6) is 0 Å². The molecule has 15 heteroatoms. The van der Waals surface area contributed by atoms with Crippen LogP contribution in [-0.2, 0) is 32.3 Å². The maximum absolute atomic E-state index is 13.3. The van der Waals surface area contributed by atoms with Gasteiger partial charge in [-0.2, -0.15) is 4.98 Å². The number of phosphoric ester groups is 1. The Hall–Kier alpha value is -2.18. The molecule has 3 fully saturated rings. The fraction of sp³-hybridized carbons (Fsp3) is 0.476. The number of aromatic nitrogens is 2. The highest BCUT2D eigenvalue weighted by atomic mass is 35.5. The molecule has 0 amide bonds. The Morgan fingerprint density at radius 2 is 2.03 bits per heavy atom. The van der Waals surface area contributed by atoms with E-state index in [0.29, 0.717) is 22.0 Å². The molecule has 3 aliphatic rings. The molecule has 6 atom stereocenters. The van der Waals surface area contributed by atoms with Crippen molar-refractivity contribution in [1.29, 1.82) is 0 Å². The van der Waals surface area contributed by atoms with E-state index in [0.717, 1.165) is 4.57 Å². The van der Waals surface area contributed by atoms with Crippen molar-refractivity contribution in [2.75, 3.05) is 18.9 Å². The number of rotatable bonds is 6. The molecular formula is C21H22Cl2N3O9P. The third-order valence-electron chi connectivity index (χ3n) is 6.23. The van der Waals surface area contributed by atoms with Gasteiger partial charge in [0.1, 0.15) is 11.9 Å². The van der Waals surface area contributed by atoms with Crippen LogP contribution in [0, 0.1) is 0 Å². The van der Waals surface area contributed by atoms with Crippen LogP contribution in [0.25, 0.3) is 0 Å². The summed E-state index contributed by atoms with van der Waals surface area (Å²) in [4.78, 5) is 28.3. The van der Waals surface area contributed by atoms with E-state index in [9.17, 15) is 14.2 Å². The second-order valence-electron chi connectivity index (χ2n) is 8.43. The zero-order chi connectivity index (χ0) is 25.7. The Bertz CT molecular complexity index is 1270. The lowest BCUT2D eigenvalue weighted by molar-refractivity contribution is -0.102. The van der Waals surface area contributed by atoms with E-state index in [1.807, 2.05) is 0 Å². The van der Waals surface area contributed by atoms with E-state index in [2.05, 4.69) is 4.98 Å². The van der Waals surface area contributed by atoms with Crippen molar-refractivity contribution in [3.8, 4) is 0 Å². The van der Waals surface area contributed by atoms with E-state index in [1.165, 1.54) is 12.3 Å². The van der Waals surface area contributed by atoms with Gasteiger partial charge in [-0.15, -0.1) is 0 Å². The highest BCUT2D eigenvalue weighted by molar-refractivity contribution is 7.48. The quantitative estimate of drug-likeness (QED) is 0.402. The van der Waals surface area contributed by atoms with Gasteiger partial charge in [0.05, 0.1) is 19.3 Å². The van der Waals surface area contributed by atoms with Crippen LogP contribution in [0.2, 0.25) is 10.0 Å². The highest BCUT2D eigenvalue weighted by Gasteiger charge is 2.66. The summed E-state index contributed by atoms with van der Waals surface area (Å²) in [5, 5.41) is 0.806. The smallest absolute Gasteiger partial charge is 0.424 e. The molecule has 1 aromatic carbocycles. The summed E-state index contributed by atoms with van der Waals surface area (Å²) >= 11 is 12.2. The standard InChI is InChI=1S/C21H22Cl2N3O9P/c1-2-21-17(33-20(28)34-21)15(32-18(21)26-5-3-16(24)25-19(26)27)10-31-36(29)30-6-4-14(35-36)11-7-12(22)9-13(23)8-11/h3,5,7-9,14-15,17-18H,2,4,6,10H2,1H3,(H2,24,25,27)/t14?,15-,17-,18-,21-,36?/m1/s1. The second-order valence-corrected chi connectivity index (χ2v) is 10.9. The summed E-state index contributed by atoms with van der Waals surface area (Å²) in [6, 6.07) is 6.29. The number of fused-ring (bicyclic) bond motifs is 1. The average molecular weight is 562 g/mol. The summed E-state index contributed by atoms with van der Waals surface area (Å²) in [5.41, 5.74) is 4.16. The van der Waals surface area contributed by atoms with Gasteiger partial charge in [-0.05, 0) is 36.2 Å². The van der Waals surface area contributed by atoms with Gasteiger partial charge in [-0.1, -0.05) is 30.1 Å². The van der Waals surface area contributed by atoms with Gasteiger partial charge in [0.2, 0.25) is 0 Å². The van der Waals surface area contributed by atoms with E-state index >= 15 is 0 Å². The fourth-order valence-electron chi connectivity index (χ4n) is 4.59. The third kappa shape index (κ3) is 4.63. The second kappa shape index (κ2) is 9.60. The van der Waals surface area contributed by atoms with Crippen molar-refractivity contribution in [3.05, 3.63) is 56.6 Å². The minimum atomic E-state index is -4.05. The summed E-state index contributed by atoms with van der Waals surface area (Å²) in [5.74, 6) is 0.0242. The Balaban J connectivity index is 1.36. The molecule has 0 bridgehead atoms. The van der Waals surface area contributed by atoms with Gasteiger partial charge in [0.15, 0.2) is 17.9 Å². The molecule has 4 heterocycles. The maximum atomic E-state index is 13.3. The van der Waals surface area contributed by atoms with Crippen LogP contribution in [-0.4, -0.2) is 46.7 Å². The first-order valence-electron chi connectivity index (χ1n) is 11.1. The summed E-state index contributed by atoms with van der Waals surface area (Å²) in [6.07, 6.45) is -2.58. The molecule has 0 aliphatic carbocycles. The predicted molar refractivity (Wildman–Crippen MR) is 126 cm³/mol. The van der Waals surface area contributed by atoms with Crippen molar-refractivity contribution in [1.82, 2.24) is 9.55 Å². The summed E-state index contributed by atoms with van der Waals surface area (Å²) in [7, 11) is -4.05. The van der Waals surface area contributed by atoms with Gasteiger partial charge in [-0.25, -0.2) is 14.2 Å². The molecule has 12 nitrogen and oxygen atoms in total. The normalized spacial score (nSPS) is 33.7. The summed E-state index contributed by atoms with van der Waals surface area (Å²) < 4.78 is 48.0. The monoisotopic (exact) mass is 561 g/mol. The van der Waals surface area contributed by atoms with Gasteiger partial charge in [0, 0.05) is 22.7 Å². The van der Waals surface area contributed by atoms with Crippen LogP contribution >= 0.6 is 31.0 Å². The summed E-state index contributed by atoms with van der Waals surface area (Å²) in [6.45, 7) is 1.49. The van der Waals surface area contributed by atoms with Crippen LogP contribution in [0.15, 0.2) is 35.3 Å². The molecule has 36 heavy (non-hydrogen) atoms. The molecule has 1 aromatic heterocycles. The van der Waals surface area contributed by atoms with Crippen molar-refractivity contribution in [2.45, 2.75) is 49.9 Å². The average Bonchev–Trinajstić information content (AvgIpc) is 3.30. The van der Waals surface area contributed by atoms with Gasteiger partial charge >= 0.3 is 19.7 Å². The molecule has 0 radical (unpaired) electrons. The van der Waals surface area contributed by atoms with Crippen molar-refractivity contribution in [3.63, 3.8) is 0 Å². The number of halogens is 2. The third-order valence-corrected chi connectivity index (χ3v) is 8.15. The zero-order valence-electron chi connectivity index (χ0n) is 18.9. The number of carbonyl (C=O) groups excluding carboxylic acids is 1. The minimum Gasteiger partial charge on any atom is -0.424 e. The lowest BCUT2D eigenvalue weighted by Gasteiger charge is -2.30. The van der Waals surface area contributed by atoms with Crippen LogP contribution in [0.1, 0.15) is 37.7 Å². The molecule has 2 N–H and O–H groups in total. The largest absolute Gasteiger partial charge is 0.509 e. The molecule has 2 aromatic rings. The molecule has 5 rings (SSSR count). The lowest BCUT2D eigenvalue weighted by Crippen LogP contribution is -2.46. The molecule has 3 saturated heterocycles. The Kier molecular flexibility index (Phi) is 6.80. The number of nitrogens with zero attached hydrogens (tertiary/aromatic N) is 2. The van der Waals surface area contributed by atoms with Crippen LogP contribution < -0.4 is 11.4 Å². The first-order chi connectivity index (χ1) is 17.1. The van der Waals surface area contributed by atoms with Crippen molar-refractivity contribution < 1.29 is 37.1 Å². The van der Waals surface area contributed by atoms with E-state index < -0.39 is 49.8 Å². The molecule has 0 spiro atoms. The zero-order valence-corrected chi connectivity index (χ0v) is 21.3. The number of phosphoric acid groups is 1.